The van der Waals surface area contributed by atoms with Crippen LogP contribution in [0, 0.1) is 13.8 Å². The third-order valence-electron chi connectivity index (χ3n) is 3.79. The summed E-state index contributed by atoms with van der Waals surface area (Å²) in [6.07, 6.45) is 3.90. The quantitative estimate of drug-likeness (QED) is 0.801. The zero-order valence-electron chi connectivity index (χ0n) is 13.1. The van der Waals surface area contributed by atoms with Gasteiger partial charge in [-0.1, -0.05) is 6.07 Å². The Bertz CT molecular complexity index is 821. The average Bonchev–Trinajstić information content (AvgIpc) is 2.93. The van der Waals surface area contributed by atoms with Gasteiger partial charge in [-0.05, 0) is 55.7 Å². The predicted octanol–water partition coefficient (Wildman–Crippen LogP) is 3.51. The number of aromatic nitrogens is 2. The lowest BCUT2D eigenvalue weighted by molar-refractivity contribution is 0.281. The van der Waals surface area contributed by atoms with Crippen molar-refractivity contribution in [1.82, 2.24) is 9.38 Å². The highest BCUT2D eigenvalue weighted by Gasteiger charge is 2.11. The molecule has 3 aromatic rings. The van der Waals surface area contributed by atoms with Crippen LogP contribution in [-0.4, -0.2) is 21.1 Å². The number of ether oxygens (including phenoxy) is 1. The molecule has 3 rings (SSSR count). The molecular weight excluding hydrogens is 276 g/mol. The monoisotopic (exact) mass is 296 g/mol. The lowest BCUT2D eigenvalue weighted by atomic mass is 10.0. The van der Waals surface area contributed by atoms with Gasteiger partial charge < -0.3 is 14.2 Å². The van der Waals surface area contributed by atoms with Crippen molar-refractivity contribution in [3.63, 3.8) is 0 Å². The molecule has 0 radical (unpaired) electrons. The first kappa shape index (κ1) is 14.6. The molecule has 0 saturated heterocycles. The number of nitrogens with zero attached hydrogens (tertiary/aromatic N) is 2. The van der Waals surface area contributed by atoms with Crippen molar-refractivity contribution in [3.8, 4) is 17.0 Å². The summed E-state index contributed by atoms with van der Waals surface area (Å²) >= 11 is 0. The second-order valence-corrected chi connectivity index (χ2v) is 5.45. The number of benzene rings is 1. The maximum Gasteiger partial charge on any atom is 0.137 e. The Hall–Kier alpha value is -2.33. The molecule has 0 aliphatic heterocycles. The second kappa shape index (κ2) is 5.81. The van der Waals surface area contributed by atoms with E-state index < -0.39 is 0 Å². The third-order valence-corrected chi connectivity index (χ3v) is 3.79. The molecule has 0 aliphatic rings. The van der Waals surface area contributed by atoms with E-state index >= 15 is 0 Å². The largest absolute Gasteiger partial charge is 0.494 e. The van der Waals surface area contributed by atoms with E-state index in [2.05, 4.69) is 24.0 Å². The lowest BCUT2D eigenvalue weighted by Gasteiger charge is -2.11. The van der Waals surface area contributed by atoms with Crippen LogP contribution in [0.4, 0.5) is 0 Å². The first-order chi connectivity index (χ1) is 10.6. The molecule has 1 N–H and O–H groups in total. The van der Waals surface area contributed by atoms with E-state index in [9.17, 15) is 5.11 Å². The van der Waals surface area contributed by atoms with Gasteiger partial charge in [0.05, 0.1) is 18.9 Å². The van der Waals surface area contributed by atoms with Crippen molar-refractivity contribution in [1.29, 1.82) is 0 Å². The van der Waals surface area contributed by atoms with Crippen LogP contribution >= 0.6 is 0 Å². The maximum atomic E-state index is 9.23. The number of hydrogen-bond donors (Lipinski definition) is 1. The van der Waals surface area contributed by atoms with Crippen LogP contribution in [0.3, 0.4) is 0 Å². The molecule has 2 heterocycles. The maximum absolute atomic E-state index is 9.23. The highest BCUT2D eigenvalue weighted by Crippen LogP contribution is 2.30. The Kier molecular flexibility index (Phi) is 3.86. The van der Waals surface area contributed by atoms with Gasteiger partial charge in [0.25, 0.3) is 0 Å². The fourth-order valence-corrected chi connectivity index (χ4v) is 2.64. The third kappa shape index (κ3) is 2.57. The van der Waals surface area contributed by atoms with Crippen LogP contribution in [-0.2, 0) is 6.61 Å². The first-order valence-electron chi connectivity index (χ1n) is 7.45. The molecule has 0 fully saturated rings. The summed E-state index contributed by atoms with van der Waals surface area (Å²) < 4.78 is 7.59. The zero-order valence-corrected chi connectivity index (χ0v) is 13.1. The van der Waals surface area contributed by atoms with E-state index in [4.69, 9.17) is 4.74 Å². The van der Waals surface area contributed by atoms with Gasteiger partial charge in [-0.3, -0.25) is 0 Å². The predicted molar refractivity (Wildman–Crippen MR) is 87.2 cm³/mol. The summed E-state index contributed by atoms with van der Waals surface area (Å²) in [5, 5.41) is 9.23. The van der Waals surface area contributed by atoms with Gasteiger partial charge in [0.15, 0.2) is 0 Å². The van der Waals surface area contributed by atoms with Gasteiger partial charge in [0.2, 0.25) is 0 Å². The normalized spacial score (nSPS) is 11.1. The average molecular weight is 296 g/mol. The molecule has 0 aliphatic carbocycles. The van der Waals surface area contributed by atoms with E-state index in [1.807, 2.05) is 42.8 Å². The van der Waals surface area contributed by atoms with Crippen LogP contribution < -0.4 is 4.74 Å². The summed E-state index contributed by atoms with van der Waals surface area (Å²) in [7, 11) is 0. The summed E-state index contributed by atoms with van der Waals surface area (Å²) in [5.41, 5.74) is 6.03. The van der Waals surface area contributed by atoms with Crippen molar-refractivity contribution in [2.24, 2.45) is 0 Å². The molecule has 22 heavy (non-hydrogen) atoms. The van der Waals surface area contributed by atoms with E-state index in [-0.39, 0.29) is 6.61 Å². The van der Waals surface area contributed by atoms with Gasteiger partial charge in [0, 0.05) is 18.0 Å². The molecule has 0 bridgehead atoms. The van der Waals surface area contributed by atoms with Crippen molar-refractivity contribution in [2.45, 2.75) is 27.4 Å². The molecule has 0 amide bonds. The Labute approximate surface area is 130 Å². The fourth-order valence-electron chi connectivity index (χ4n) is 2.64. The topological polar surface area (TPSA) is 46.8 Å². The minimum atomic E-state index is 0.0324. The highest BCUT2D eigenvalue weighted by molar-refractivity contribution is 5.68. The number of rotatable bonds is 4. The molecular formula is C18H20N2O2. The SMILES string of the molecule is CCOc1cc(C)c(-c2cn3cc(CO)ccc3n2)cc1C. The van der Waals surface area contributed by atoms with Crippen LogP contribution in [0.2, 0.25) is 0 Å². The number of aryl methyl sites for hydroxylation is 2. The Morgan fingerprint density at radius 2 is 1.95 bits per heavy atom. The highest BCUT2D eigenvalue weighted by atomic mass is 16.5. The van der Waals surface area contributed by atoms with Gasteiger partial charge >= 0.3 is 0 Å². The second-order valence-electron chi connectivity index (χ2n) is 5.45. The van der Waals surface area contributed by atoms with Gasteiger partial charge in [-0.25, -0.2) is 4.98 Å². The minimum Gasteiger partial charge on any atom is -0.494 e. The molecule has 0 unspecified atom stereocenters. The van der Waals surface area contributed by atoms with Gasteiger partial charge in [-0.2, -0.15) is 0 Å². The number of fused-ring (bicyclic) bond motifs is 1. The summed E-state index contributed by atoms with van der Waals surface area (Å²) in [6, 6.07) is 8.00. The Balaban J connectivity index is 2.08. The van der Waals surface area contributed by atoms with E-state index in [1.165, 1.54) is 0 Å². The molecule has 0 saturated carbocycles. The van der Waals surface area contributed by atoms with Crippen molar-refractivity contribution >= 4 is 5.65 Å². The fraction of sp³-hybridized carbons (Fsp3) is 0.278. The van der Waals surface area contributed by atoms with Crippen LogP contribution in [0.15, 0.2) is 36.7 Å². The zero-order chi connectivity index (χ0) is 15.7. The first-order valence-corrected chi connectivity index (χ1v) is 7.45. The molecule has 0 atom stereocenters. The van der Waals surface area contributed by atoms with Crippen molar-refractivity contribution in [2.75, 3.05) is 6.61 Å². The molecule has 114 valence electrons. The van der Waals surface area contributed by atoms with Crippen molar-refractivity contribution < 1.29 is 9.84 Å². The number of imidazole rings is 1. The lowest BCUT2D eigenvalue weighted by Crippen LogP contribution is -1.96. The van der Waals surface area contributed by atoms with Crippen molar-refractivity contribution in [3.05, 3.63) is 53.3 Å². The van der Waals surface area contributed by atoms with Gasteiger partial charge in [0.1, 0.15) is 11.4 Å². The molecule has 0 spiro atoms. The minimum absolute atomic E-state index is 0.0324. The molecule has 2 aromatic heterocycles. The molecule has 4 nitrogen and oxygen atoms in total. The number of hydrogen-bond acceptors (Lipinski definition) is 3. The van der Waals surface area contributed by atoms with E-state index in [0.29, 0.717) is 6.61 Å². The smallest absolute Gasteiger partial charge is 0.137 e. The van der Waals surface area contributed by atoms with Gasteiger partial charge in [-0.15, -0.1) is 0 Å². The number of aliphatic hydroxyl groups is 1. The van der Waals surface area contributed by atoms with Crippen LogP contribution in [0.1, 0.15) is 23.6 Å². The molecule has 4 heteroatoms. The summed E-state index contributed by atoms with van der Waals surface area (Å²) in [4.78, 5) is 4.68. The standard InChI is InChI=1S/C18H20N2O2/c1-4-22-17-8-12(2)15(7-13(17)3)16-10-20-9-14(11-21)5-6-18(20)19-16/h5-10,21H,4,11H2,1-3H3. The Morgan fingerprint density at radius 3 is 2.68 bits per heavy atom. The number of pyridine rings is 1. The van der Waals surface area contributed by atoms with E-state index in [0.717, 1.165) is 39.3 Å². The van der Waals surface area contributed by atoms with E-state index in [1.54, 1.807) is 0 Å². The molecule has 1 aromatic carbocycles. The van der Waals surface area contributed by atoms with Crippen LogP contribution in [0.25, 0.3) is 16.9 Å². The summed E-state index contributed by atoms with van der Waals surface area (Å²) in [6.45, 7) is 6.81. The summed E-state index contributed by atoms with van der Waals surface area (Å²) in [5.74, 6) is 0.926. The van der Waals surface area contributed by atoms with Crippen LogP contribution in [0.5, 0.6) is 5.75 Å². The number of aliphatic hydroxyl groups excluding tert-OH is 1. The Morgan fingerprint density at radius 1 is 1.14 bits per heavy atom.